The maximum absolute atomic E-state index is 11.7. The first-order valence-corrected chi connectivity index (χ1v) is 13.7. The minimum atomic E-state index is -0.823. The van der Waals surface area contributed by atoms with Gasteiger partial charge in [0, 0.05) is 5.57 Å². The molecule has 4 heteroatoms. The Balaban J connectivity index is 1.65. The number of hydrogen-bond donors (Lipinski definition) is 3. The molecule has 2 fully saturated rings. The predicted molar refractivity (Wildman–Crippen MR) is 136 cm³/mol. The molecule has 0 aromatic carbocycles. The molecule has 4 rings (SSSR count). The standard InChI is InChI=1S/C30H48O4/c1-18(9-8-10-19(2)26(33)34)20-11-16-30(7)25-21(12-15-29(20,30)6)28(5)14-13-24(32)27(3,4)23(28)17-22(25)31/h10,18,20,22-24,31-32H,8-9,11-17H2,1-7H3,(H,33,34)/t18-,20-,22-,23+,24-,28-,29-,30+/m1/s1. The van der Waals surface area contributed by atoms with Gasteiger partial charge in [-0.3, -0.25) is 0 Å². The first kappa shape index (κ1) is 25.9. The lowest BCUT2D eigenvalue weighted by Gasteiger charge is -2.63. The zero-order valence-electron chi connectivity index (χ0n) is 22.6. The van der Waals surface area contributed by atoms with Gasteiger partial charge in [0.2, 0.25) is 0 Å². The Kier molecular flexibility index (Phi) is 6.47. The van der Waals surface area contributed by atoms with Crippen LogP contribution in [0.1, 0.15) is 106 Å². The van der Waals surface area contributed by atoms with Crippen LogP contribution in [0.4, 0.5) is 0 Å². The molecular weight excluding hydrogens is 424 g/mol. The van der Waals surface area contributed by atoms with Crippen LogP contribution in [0.15, 0.2) is 22.8 Å². The second kappa shape index (κ2) is 8.47. The molecule has 2 saturated carbocycles. The fraction of sp³-hybridized carbons (Fsp3) is 0.833. The van der Waals surface area contributed by atoms with E-state index < -0.39 is 12.1 Å². The molecule has 0 bridgehead atoms. The van der Waals surface area contributed by atoms with E-state index in [9.17, 15) is 15.0 Å². The molecule has 34 heavy (non-hydrogen) atoms. The van der Waals surface area contributed by atoms with Crippen molar-refractivity contribution >= 4 is 5.97 Å². The Hall–Kier alpha value is -1.13. The van der Waals surface area contributed by atoms with Crippen LogP contribution in [0.5, 0.6) is 0 Å². The second-order valence-electron chi connectivity index (χ2n) is 13.6. The third kappa shape index (κ3) is 3.57. The molecule has 0 aromatic heterocycles. The van der Waals surface area contributed by atoms with Gasteiger partial charge in [0.25, 0.3) is 0 Å². The third-order valence-electron chi connectivity index (χ3n) is 11.9. The molecule has 0 radical (unpaired) electrons. The molecule has 0 heterocycles. The molecule has 0 aliphatic heterocycles. The molecule has 0 unspecified atom stereocenters. The molecule has 3 N–H and O–H groups in total. The average Bonchev–Trinajstić information content (AvgIpc) is 3.04. The highest BCUT2D eigenvalue weighted by Crippen LogP contribution is 2.72. The summed E-state index contributed by atoms with van der Waals surface area (Å²) in [5, 5.41) is 31.7. The summed E-state index contributed by atoms with van der Waals surface area (Å²) in [6.07, 6.45) is 10.2. The quantitative estimate of drug-likeness (QED) is 0.315. The molecule has 8 atom stereocenters. The number of carboxylic acid groups (broad SMARTS) is 1. The topological polar surface area (TPSA) is 77.8 Å². The summed E-state index contributed by atoms with van der Waals surface area (Å²) >= 11 is 0. The Morgan fingerprint density at radius 3 is 2.41 bits per heavy atom. The summed E-state index contributed by atoms with van der Waals surface area (Å²) in [6.45, 7) is 15.8. The highest BCUT2D eigenvalue weighted by Gasteiger charge is 2.65. The fourth-order valence-electron chi connectivity index (χ4n) is 9.44. The van der Waals surface area contributed by atoms with Crippen molar-refractivity contribution in [3.8, 4) is 0 Å². The van der Waals surface area contributed by atoms with Crippen molar-refractivity contribution in [1.29, 1.82) is 0 Å². The summed E-state index contributed by atoms with van der Waals surface area (Å²) in [5.41, 5.74) is 3.40. The number of fused-ring (bicyclic) bond motifs is 4. The maximum Gasteiger partial charge on any atom is 0.330 e. The van der Waals surface area contributed by atoms with Crippen LogP contribution in [0.2, 0.25) is 0 Å². The van der Waals surface area contributed by atoms with Crippen molar-refractivity contribution in [3.63, 3.8) is 0 Å². The Morgan fingerprint density at radius 2 is 1.76 bits per heavy atom. The summed E-state index contributed by atoms with van der Waals surface area (Å²) < 4.78 is 0. The van der Waals surface area contributed by atoms with Gasteiger partial charge in [-0.1, -0.05) is 53.2 Å². The normalized spacial score (nSPS) is 44.8. The van der Waals surface area contributed by atoms with Crippen molar-refractivity contribution in [2.75, 3.05) is 0 Å². The average molecular weight is 473 g/mol. The highest BCUT2D eigenvalue weighted by atomic mass is 16.4. The number of allylic oxidation sites excluding steroid dienone is 2. The van der Waals surface area contributed by atoms with Crippen LogP contribution < -0.4 is 0 Å². The molecule has 0 aromatic rings. The number of aliphatic carboxylic acids is 1. The van der Waals surface area contributed by atoms with Gasteiger partial charge < -0.3 is 15.3 Å². The van der Waals surface area contributed by atoms with Crippen molar-refractivity contribution in [1.82, 2.24) is 0 Å². The lowest BCUT2D eigenvalue weighted by atomic mass is 9.42. The first-order valence-electron chi connectivity index (χ1n) is 13.7. The van der Waals surface area contributed by atoms with E-state index in [1.807, 2.05) is 6.08 Å². The van der Waals surface area contributed by atoms with Crippen molar-refractivity contribution < 1.29 is 20.1 Å². The van der Waals surface area contributed by atoms with Gasteiger partial charge in [-0.2, -0.15) is 0 Å². The number of carboxylic acids is 1. The molecule has 0 saturated heterocycles. The van der Waals surface area contributed by atoms with Crippen LogP contribution in [-0.4, -0.2) is 33.5 Å². The van der Waals surface area contributed by atoms with E-state index in [-0.39, 0.29) is 27.8 Å². The molecular formula is C30H48O4. The van der Waals surface area contributed by atoms with Gasteiger partial charge in [0.15, 0.2) is 0 Å². The van der Waals surface area contributed by atoms with Crippen LogP contribution in [0.3, 0.4) is 0 Å². The van der Waals surface area contributed by atoms with Gasteiger partial charge in [-0.15, -0.1) is 0 Å². The lowest BCUT2D eigenvalue weighted by Crippen LogP contribution is -2.57. The number of hydrogen-bond acceptors (Lipinski definition) is 3. The monoisotopic (exact) mass is 472 g/mol. The molecule has 192 valence electrons. The summed E-state index contributed by atoms with van der Waals surface area (Å²) in [4.78, 5) is 11.2. The maximum atomic E-state index is 11.7. The summed E-state index contributed by atoms with van der Waals surface area (Å²) in [5.74, 6) is 0.606. The smallest absolute Gasteiger partial charge is 0.330 e. The van der Waals surface area contributed by atoms with Gasteiger partial charge in [0.1, 0.15) is 0 Å². The SMILES string of the molecule is CC(=CCC[C@@H](C)[C@H]1CC[C@@]2(C)C3=C(CC[C@]12C)[C@@]1(C)CC[C@@H](O)C(C)(C)[C@@H]1C[C@H]3O)C(=O)O. The van der Waals surface area contributed by atoms with Crippen LogP contribution in [0.25, 0.3) is 0 Å². The van der Waals surface area contributed by atoms with Crippen LogP contribution in [-0.2, 0) is 4.79 Å². The largest absolute Gasteiger partial charge is 0.478 e. The first-order chi connectivity index (χ1) is 15.7. The molecule has 0 amide bonds. The number of carbonyl (C=O) groups is 1. The lowest BCUT2D eigenvalue weighted by molar-refractivity contribution is -0.132. The molecule has 4 nitrogen and oxygen atoms in total. The van der Waals surface area contributed by atoms with Crippen LogP contribution >= 0.6 is 0 Å². The number of rotatable bonds is 5. The van der Waals surface area contributed by atoms with Crippen molar-refractivity contribution in [2.24, 2.45) is 39.4 Å². The predicted octanol–water partition coefficient (Wildman–Crippen LogP) is 6.51. The van der Waals surface area contributed by atoms with E-state index in [0.29, 0.717) is 23.3 Å². The summed E-state index contributed by atoms with van der Waals surface area (Å²) in [6, 6.07) is 0. The number of aliphatic hydroxyl groups is 2. The molecule has 4 aliphatic carbocycles. The minimum Gasteiger partial charge on any atom is -0.478 e. The van der Waals surface area contributed by atoms with E-state index in [0.717, 1.165) is 44.9 Å². The minimum absolute atomic E-state index is 0.0138. The van der Waals surface area contributed by atoms with E-state index >= 15 is 0 Å². The summed E-state index contributed by atoms with van der Waals surface area (Å²) in [7, 11) is 0. The molecule has 4 aliphatic rings. The van der Waals surface area contributed by atoms with E-state index in [2.05, 4.69) is 41.5 Å². The Bertz CT molecular complexity index is 899. The van der Waals surface area contributed by atoms with E-state index in [1.165, 1.54) is 24.0 Å². The molecule has 0 spiro atoms. The fourth-order valence-corrected chi connectivity index (χ4v) is 9.44. The van der Waals surface area contributed by atoms with Gasteiger partial charge in [0.05, 0.1) is 12.2 Å². The highest BCUT2D eigenvalue weighted by molar-refractivity contribution is 5.85. The van der Waals surface area contributed by atoms with E-state index in [4.69, 9.17) is 5.11 Å². The second-order valence-corrected chi connectivity index (χ2v) is 13.6. The number of aliphatic hydroxyl groups excluding tert-OH is 2. The van der Waals surface area contributed by atoms with Crippen LogP contribution in [0, 0.1) is 39.4 Å². The van der Waals surface area contributed by atoms with Gasteiger partial charge in [-0.25, -0.2) is 4.79 Å². The zero-order chi connectivity index (χ0) is 25.3. The van der Waals surface area contributed by atoms with Gasteiger partial charge >= 0.3 is 5.97 Å². The zero-order valence-corrected chi connectivity index (χ0v) is 22.6. The third-order valence-corrected chi connectivity index (χ3v) is 11.9. The van der Waals surface area contributed by atoms with Crippen molar-refractivity contribution in [2.45, 2.75) is 118 Å². The van der Waals surface area contributed by atoms with Crippen molar-refractivity contribution in [3.05, 3.63) is 22.8 Å². The Morgan fingerprint density at radius 1 is 1.09 bits per heavy atom. The van der Waals surface area contributed by atoms with E-state index in [1.54, 1.807) is 6.92 Å². The Labute approximate surface area is 206 Å². The van der Waals surface area contributed by atoms with Gasteiger partial charge in [-0.05, 0) is 110 Å².